The van der Waals surface area contributed by atoms with E-state index in [4.69, 9.17) is 4.74 Å². The zero-order chi connectivity index (χ0) is 15.9. The predicted octanol–water partition coefficient (Wildman–Crippen LogP) is 4.15. The van der Waals surface area contributed by atoms with Gasteiger partial charge in [-0.15, -0.1) is 11.8 Å². The van der Waals surface area contributed by atoms with Gasteiger partial charge in [-0.3, -0.25) is 0 Å². The number of nitrogens with one attached hydrogen (secondary N) is 1. The van der Waals surface area contributed by atoms with Crippen molar-refractivity contribution in [3.63, 3.8) is 0 Å². The number of pyridine rings is 1. The largest absolute Gasteiger partial charge is 0.462 e. The van der Waals surface area contributed by atoms with Crippen LogP contribution in [0.4, 0.5) is 5.82 Å². The van der Waals surface area contributed by atoms with Crippen LogP contribution in [0.1, 0.15) is 35.8 Å². The lowest BCUT2D eigenvalue weighted by molar-refractivity contribution is 0.0526. The summed E-state index contributed by atoms with van der Waals surface area (Å²) in [5.41, 5.74) is 1.65. The van der Waals surface area contributed by atoms with E-state index in [2.05, 4.69) is 47.7 Å². The fourth-order valence-electron chi connectivity index (χ4n) is 2.01. The molecule has 1 N–H and O–H groups in total. The first-order valence-electron chi connectivity index (χ1n) is 7.17. The van der Waals surface area contributed by atoms with Crippen LogP contribution >= 0.6 is 11.8 Å². The van der Waals surface area contributed by atoms with E-state index in [0.717, 1.165) is 5.82 Å². The third-order valence-corrected chi connectivity index (χ3v) is 4.00. The molecular weight excluding hydrogens is 296 g/mol. The predicted molar refractivity (Wildman–Crippen MR) is 90.5 cm³/mol. The Bertz CT molecular complexity index is 612. The number of carbonyl (C=O) groups is 1. The first-order chi connectivity index (χ1) is 10.6. The number of rotatable bonds is 6. The van der Waals surface area contributed by atoms with Crippen LogP contribution in [0.5, 0.6) is 0 Å². The number of hydrogen-bond donors (Lipinski definition) is 1. The Morgan fingerprint density at radius 2 is 2.00 bits per heavy atom. The van der Waals surface area contributed by atoms with Crippen molar-refractivity contribution in [3.8, 4) is 0 Å². The van der Waals surface area contributed by atoms with Gasteiger partial charge in [-0.1, -0.05) is 12.1 Å². The third-order valence-electron chi connectivity index (χ3n) is 3.25. The van der Waals surface area contributed by atoms with Gasteiger partial charge in [0.1, 0.15) is 5.82 Å². The minimum Gasteiger partial charge on any atom is -0.462 e. The number of aromatic nitrogens is 1. The molecule has 0 fully saturated rings. The second kappa shape index (κ2) is 7.84. The zero-order valence-corrected chi connectivity index (χ0v) is 13.8. The SMILES string of the molecule is CCOC(=O)c1ccc(N[C@@H](C)c2ccc(SC)cc2)nc1. The lowest BCUT2D eigenvalue weighted by Gasteiger charge is -2.15. The molecule has 1 aromatic heterocycles. The van der Waals surface area contributed by atoms with Gasteiger partial charge in [0, 0.05) is 17.1 Å². The Hall–Kier alpha value is -2.01. The van der Waals surface area contributed by atoms with Crippen LogP contribution in [0.2, 0.25) is 0 Å². The van der Waals surface area contributed by atoms with Crippen LogP contribution in [0, 0.1) is 0 Å². The number of benzene rings is 1. The molecule has 22 heavy (non-hydrogen) atoms. The molecule has 0 radical (unpaired) electrons. The number of thioether (sulfide) groups is 1. The standard InChI is InChI=1S/C17H20N2O2S/c1-4-21-17(20)14-7-10-16(18-11-14)19-12(2)13-5-8-15(22-3)9-6-13/h5-12H,4H2,1-3H3,(H,18,19)/t12-/m0/s1. The molecule has 0 saturated carbocycles. The van der Waals surface area contributed by atoms with E-state index in [9.17, 15) is 4.79 Å². The fourth-order valence-corrected chi connectivity index (χ4v) is 2.42. The molecule has 0 saturated heterocycles. The van der Waals surface area contributed by atoms with Crippen molar-refractivity contribution in [1.29, 1.82) is 0 Å². The topological polar surface area (TPSA) is 51.2 Å². The second-order valence-corrected chi connectivity index (χ2v) is 5.67. The Labute approximate surface area is 135 Å². The average molecular weight is 316 g/mol. The maximum atomic E-state index is 11.6. The minimum atomic E-state index is -0.345. The lowest BCUT2D eigenvalue weighted by Crippen LogP contribution is -2.09. The number of anilines is 1. The van der Waals surface area contributed by atoms with E-state index in [-0.39, 0.29) is 12.0 Å². The Kier molecular flexibility index (Phi) is 5.83. The van der Waals surface area contributed by atoms with Gasteiger partial charge in [0.15, 0.2) is 0 Å². The molecule has 116 valence electrons. The maximum absolute atomic E-state index is 11.6. The number of esters is 1. The summed E-state index contributed by atoms with van der Waals surface area (Å²) in [6.07, 6.45) is 3.59. The van der Waals surface area contributed by atoms with E-state index in [1.165, 1.54) is 16.7 Å². The highest BCUT2D eigenvalue weighted by Crippen LogP contribution is 2.21. The Balaban J connectivity index is 2.01. The highest BCUT2D eigenvalue weighted by atomic mass is 32.2. The van der Waals surface area contributed by atoms with E-state index < -0.39 is 0 Å². The van der Waals surface area contributed by atoms with Crippen molar-refractivity contribution in [2.45, 2.75) is 24.8 Å². The van der Waals surface area contributed by atoms with Gasteiger partial charge in [0.2, 0.25) is 0 Å². The Morgan fingerprint density at radius 3 is 2.55 bits per heavy atom. The quantitative estimate of drug-likeness (QED) is 0.641. The summed E-state index contributed by atoms with van der Waals surface area (Å²) in [4.78, 5) is 17.1. The number of ether oxygens (including phenoxy) is 1. The van der Waals surface area contributed by atoms with Gasteiger partial charge >= 0.3 is 5.97 Å². The highest BCUT2D eigenvalue weighted by Gasteiger charge is 2.09. The molecule has 0 aliphatic rings. The van der Waals surface area contributed by atoms with E-state index >= 15 is 0 Å². The molecule has 5 heteroatoms. The van der Waals surface area contributed by atoms with Crippen molar-refractivity contribution in [2.24, 2.45) is 0 Å². The van der Waals surface area contributed by atoms with Crippen molar-refractivity contribution >= 4 is 23.5 Å². The highest BCUT2D eigenvalue weighted by molar-refractivity contribution is 7.98. The van der Waals surface area contributed by atoms with Crippen LogP contribution in [-0.4, -0.2) is 23.8 Å². The third kappa shape index (κ3) is 4.24. The van der Waals surface area contributed by atoms with Crippen LogP contribution in [0.15, 0.2) is 47.5 Å². The molecule has 0 unspecified atom stereocenters. The fraction of sp³-hybridized carbons (Fsp3) is 0.294. The minimum absolute atomic E-state index is 0.136. The first kappa shape index (κ1) is 16.4. The molecule has 0 aliphatic heterocycles. The Morgan fingerprint density at radius 1 is 1.27 bits per heavy atom. The van der Waals surface area contributed by atoms with Gasteiger partial charge < -0.3 is 10.1 Å². The van der Waals surface area contributed by atoms with Crippen molar-refractivity contribution < 1.29 is 9.53 Å². The molecule has 0 amide bonds. The second-order valence-electron chi connectivity index (χ2n) is 4.79. The number of nitrogens with zero attached hydrogens (tertiary/aromatic N) is 1. The number of carbonyl (C=O) groups excluding carboxylic acids is 1. The van der Waals surface area contributed by atoms with Crippen LogP contribution in [0.25, 0.3) is 0 Å². The molecule has 2 rings (SSSR count). The normalized spacial score (nSPS) is 11.8. The van der Waals surface area contributed by atoms with Crippen molar-refractivity contribution in [3.05, 3.63) is 53.7 Å². The molecule has 1 atom stereocenters. The molecule has 1 aromatic carbocycles. The van der Waals surface area contributed by atoms with Crippen molar-refractivity contribution in [2.75, 3.05) is 18.2 Å². The average Bonchev–Trinajstić information content (AvgIpc) is 2.55. The molecule has 0 bridgehead atoms. The van der Waals surface area contributed by atoms with E-state index in [1.807, 2.05) is 0 Å². The molecular formula is C17H20N2O2S. The van der Waals surface area contributed by atoms with Gasteiger partial charge in [-0.2, -0.15) is 0 Å². The van der Waals surface area contributed by atoms with Crippen LogP contribution < -0.4 is 5.32 Å². The number of hydrogen-bond acceptors (Lipinski definition) is 5. The summed E-state index contributed by atoms with van der Waals surface area (Å²) in [7, 11) is 0. The summed E-state index contributed by atoms with van der Waals surface area (Å²) < 4.78 is 4.94. The van der Waals surface area contributed by atoms with E-state index in [0.29, 0.717) is 12.2 Å². The van der Waals surface area contributed by atoms with Crippen LogP contribution in [0.3, 0.4) is 0 Å². The van der Waals surface area contributed by atoms with Gasteiger partial charge in [0.05, 0.1) is 12.2 Å². The maximum Gasteiger partial charge on any atom is 0.339 e. The summed E-state index contributed by atoms with van der Waals surface area (Å²) in [6, 6.07) is 12.1. The van der Waals surface area contributed by atoms with Crippen molar-refractivity contribution in [1.82, 2.24) is 4.98 Å². The summed E-state index contributed by atoms with van der Waals surface area (Å²) >= 11 is 1.72. The lowest BCUT2D eigenvalue weighted by atomic mass is 10.1. The van der Waals surface area contributed by atoms with Gasteiger partial charge in [-0.05, 0) is 49.9 Å². The summed E-state index contributed by atoms with van der Waals surface area (Å²) in [5, 5.41) is 3.32. The molecule has 4 nitrogen and oxygen atoms in total. The summed E-state index contributed by atoms with van der Waals surface area (Å²) in [5.74, 6) is 0.386. The van der Waals surface area contributed by atoms with Gasteiger partial charge in [-0.25, -0.2) is 9.78 Å². The zero-order valence-electron chi connectivity index (χ0n) is 13.0. The van der Waals surface area contributed by atoms with Crippen LogP contribution in [-0.2, 0) is 4.74 Å². The molecule has 2 aromatic rings. The summed E-state index contributed by atoms with van der Waals surface area (Å²) in [6.45, 7) is 4.22. The first-order valence-corrected chi connectivity index (χ1v) is 8.40. The molecule has 1 heterocycles. The monoisotopic (exact) mass is 316 g/mol. The van der Waals surface area contributed by atoms with Gasteiger partial charge in [0.25, 0.3) is 0 Å². The molecule has 0 spiro atoms. The molecule has 0 aliphatic carbocycles. The smallest absolute Gasteiger partial charge is 0.339 e. The van der Waals surface area contributed by atoms with E-state index in [1.54, 1.807) is 30.8 Å².